The van der Waals surface area contributed by atoms with Crippen molar-refractivity contribution in [3.63, 3.8) is 0 Å². The van der Waals surface area contributed by atoms with Gasteiger partial charge in [0, 0.05) is 31.5 Å². The number of carboxylic acids is 1. The first-order valence-electron chi connectivity index (χ1n) is 9.13. The van der Waals surface area contributed by atoms with E-state index >= 15 is 0 Å². The van der Waals surface area contributed by atoms with E-state index in [9.17, 15) is 14.7 Å². The molecule has 3 rings (SSSR count). The summed E-state index contributed by atoms with van der Waals surface area (Å²) >= 11 is 0. The minimum Gasteiger partial charge on any atom is -0.480 e. The molecule has 0 saturated carbocycles. The molecule has 1 spiro atoms. The lowest BCUT2D eigenvalue weighted by Gasteiger charge is -2.39. The molecule has 0 radical (unpaired) electrons. The molecule has 2 fully saturated rings. The number of carboxylic acid groups (broad SMARTS) is 1. The number of aromatic nitrogens is 1. The van der Waals surface area contributed by atoms with E-state index in [-0.39, 0.29) is 17.4 Å². The zero-order chi connectivity index (χ0) is 18.0. The Morgan fingerprint density at radius 2 is 2.04 bits per heavy atom. The first kappa shape index (κ1) is 17.9. The van der Waals surface area contributed by atoms with Crippen molar-refractivity contribution >= 4 is 11.9 Å². The van der Waals surface area contributed by atoms with Crippen molar-refractivity contribution in [2.75, 3.05) is 26.2 Å². The fourth-order valence-electron chi connectivity index (χ4n) is 4.23. The quantitative estimate of drug-likeness (QED) is 0.905. The van der Waals surface area contributed by atoms with Crippen molar-refractivity contribution in [3.05, 3.63) is 29.6 Å². The molecule has 0 aromatic carbocycles. The van der Waals surface area contributed by atoms with Gasteiger partial charge < -0.3 is 10.0 Å². The minimum absolute atomic E-state index is 0.0283. The van der Waals surface area contributed by atoms with Crippen LogP contribution in [0.15, 0.2) is 18.3 Å². The van der Waals surface area contributed by atoms with Crippen LogP contribution in [0.1, 0.15) is 48.7 Å². The standard InChI is InChI=1S/C19H27N3O3/c1-3-8-22-13-19(11-16(22)18(24)25)6-9-21(10-7-19)17(23)15-5-4-14(2)20-12-15/h4-5,12,16H,3,6-11,13H2,1-2H3,(H,24,25)/t16-/m0/s1. The summed E-state index contributed by atoms with van der Waals surface area (Å²) in [5.74, 6) is -0.685. The van der Waals surface area contributed by atoms with E-state index in [0.29, 0.717) is 25.1 Å². The lowest BCUT2D eigenvalue weighted by molar-refractivity contribution is -0.142. The van der Waals surface area contributed by atoms with Crippen LogP contribution in [0.4, 0.5) is 0 Å². The molecule has 1 amide bonds. The molecule has 1 aromatic rings. The maximum atomic E-state index is 12.6. The second kappa shape index (κ2) is 7.12. The van der Waals surface area contributed by atoms with Gasteiger partial charge in [-0.15, -0.1) is 0 Å². The summed E-state index contributed by atoms with van der Waals surface area (Å²) in [5.41, 5.74) is 1.57. The molecular weight excluding hydrogens is 318 g/mol. The number of hydrogen-bond donors (Lipinski definition) is 1. The molecule has 1 atom stereocenters. The summed E-state index contributed by atoms with van der Waals surface area (Å²) in [6.45, 7) is 7.04. The van der Waals surface area contributed by atoms with Crippen molar-refractivity contribution in [2.24, 2.45) is 5.41 Å². The predicted molar refractivity (Wildman–Crippen MR) is 94.4 cm³/mol. The van der Waals surface area contributed by atoms with Crippen molar-refractivity contribution in [1.82, 2.24) is 14.8 Å². The van der Waals surface area contributed by atoms with Crippen LogP contribution in [0.25, 0.3) is 0 Å². The van der Waals surface area contributed by atoms with Gasteiger partial charge in [0.15, 0.2) is 0 Å². The third-order valence-corrected chi connectivity index (χ3v) is 5.67. The van der Waals surface area contributed by atoms with Crippen LogP contribution in [0.5, 0.6) is 0 Å². The normalized spacial score (nSPS) is 23.1. The van der Waals surface area contributed by atoms with Crippen molar-refractivity contribution in [3.8, 4) is 0 Å². The third kappa shape index (κ3) is 3.68. The van der Waals surface area contributed by atoms with E-state index in [1.807, 2.05) is 24.0 Å². The Kier molecular flexibility index (Phi) is 5.08. The highest BCUT2D eigenvalue weighted by Crippen LogP contribution is 2.43. The molecule has 1 N–H and O–H groups in total. The highest BCUT2D eigenvalue weighted by molar-refractivity contribution is 5.94. The van der Waals surface area contributed by atoms with E-state index in [1.165, 1.54) is 0 Å². The van der Waals surface area contributed by atoms with E-state index in [1.54, 1.807) is 6.20 Å². The Labute approximate surface area is 148 Å². The van der Waals surface area contributed by atoms with Crippen LogP contribution in [-0.2, 0) is 4.79 Å². The fourth-order valence-corrected chi connectivity index (χ4v) is 4.23. The largest absolute Gasteiger partial charge is 0.480 e. The van der Waals surface area contributed by atoms with Crippen LogP contribution in [-0.4, -0.2) is 64.0 Å². The zero-order valence-electron chi connectivity index (χ0n) is 15.1. The Hall–Kier alpha value is -1.95. The second-order valence-corrected chi connectivity index (χ2v) is 7.51. The van der Waals surface area contributed by atoms with E-state index in [0.717, 1.165) is 38.0 Å². The third-order valence-electron chi connectivity index (χ3n) is 5.67. The SMILES string of the molecule is CCCN1CC2(CCN(C(=O)c3ccc(C)nc3)CC2)C[C@H]1C(=O)O. The van der Waals surface area contributed by atoms with Crippen molar-refractivity contribution in [2.45, 2.75) is 45.6 Å². The number of aliphatic carboxylic acids is 1. The lowest BCUT2D eigenvalue weighted by atomic mass is 9.76. The van der Waals surface area contributed by atoms with Gasteiger partial charge in [-0.25, -0.2) is 0 Å². The first-order valence-corrected chi connectivity index (χ1v) is 9.13. The molecule has 25 heavy (non-hydrogen) atoms. The smallest absolute Gasteiger partial charge is 0.320 e. The number of carbonyl (C=O) groups is 2. The zero-order valence-corrected chi connectivity index (χ0v) is 15.1. The number of nitrogens with zero attached hydrogens (tertiary/aromatic N) is 3. The van der Waals surface area contributed by atoms with Crippen LogP contribution >= 0.6 is 0 Å². The maximum Gasteiger partial charge on any atom is 0.320 e. The minimum atomic E-state index is -0.713. The van der Waals surface area contributed by atoms with Gasteiger partial charge in [-0.3, -0.25) is 19.5 Å². The van der Waals surface area contributed by atoms with Crippen LogP contribution in [0.2, 0.25) is 0 Å². The summed E-state index contributed by atoms with van der Waals surface area (Å²) in [4.78, 5) is 32.4. The van der Waals surface area contributed by atoms with Crippen molar-refractivity contribution < 1.29 is 14.7 Å². The van der Waals surface area contributed by atoms with Gasteiger partial charge >= 0.3 is 5.97 Å². The van der Waals surface area contributed by atoms with Gasteiger partial charge in [-0.05, 0) is 56.7 Å². The predicted octanol–water partition coefficient (Wildman–Crippen LogP) is 2.18. The van der Waals surface area contributed by atoms with Crippen molar-refractivity contribution in [1.29, 1.82) is 0 Å². The van der Waals surface area contributed by atoms with Crippen LogP contribution in [0, 0.1) is 12.3 Å². The monoisotopic (exact) mass is 345 g/mol. The average molecular weight is 345 g/mol. The molecule has 2 aliphatic heterocycles. The van der Waals surface area contributed by atoms with Gasteiger partial charge in [0.05, 0.1) is 5.56 Å². The summed E-state index contributed by atoms with van der Waals surface area (Å²) in [7, 11) is 0. The summed E-state index contributed by atoms with van der Waals surface area (Å²) in [5, 5.41) is 9.52. The first-order chi connectivity index (χ1) is 11.9. The summed E-state index contributed by atoms with van der Waals surface area (Å²) < 4.78 is 0. The number of aryl methyl sites for hydroxylation is 1. The molecule has 136 valence electrons. The second-order valence-electron chi connectivity index (χ2n) is 7.51. The number of piperidine rings is 1. The number of amides is 1. The molecule has 6 nitrogen and oxygen atoms in total. The Bertz CT molecular complexity index is 636. The number of pyridine rings is 1. The fraction of sp³-hybridized carbons (Fsp3) is 0.632. The van der Waals surface area contributed by atoms with Crippen LogP contribution < -0.4 is 0 Å². The molecule has 0 unspecified atom stereocenters. The molecule has 3 heterocycles. The van der Waals surface area contributed by atoms with Gasteiger partial charge in [0.2, 0.25) is 0 Å². The highest BCUT2D eigenvalue weighted by Gasteiger charge is 2.48. The average Bonchev–Trinajstić information content (AvgIpc) is 2.94. The van der Waals surface area contributed by atoms with Gasteiger partial charge in [-0.1, -0.05) is 6.92 Å². The van der Waals surface area contributed by atoms with E-state index in [2.05, 4.69) is 16.8 Å². The van der Waals surface area contributed by atoms with Gasteiger partial charge in [0.25, 0.3) is 5.91 Å². The topological polar surface area (TPSA) is 73.7 Å². The molecule has 2 saturated heterocycles. The summed E-state index contributed by atoms with van der Waals surface area (Å²) in [6, 6.07) is 3.31. The highest BCUT2D eigenvalue weighted by atomic mass is 16.4. The Morgan fingerprint density at radius 1 is 1.32 bits per heavy atom. The molecule has 6 heteroatoms. The van der Waals surface area contributed by atoms with Crippen LogP contribution in [0.3, 0.4) is 0 Å². The number of hydrogen-bond acceptors (Lipinski definition) is 4. The van der Waals surface area contributed by atoms with E-state index < -0.39 is 5.97 Å². The number of likely N-dealkylation sites (tertiary alicyclic amines) is 2. The van der Waals surface area contributed by atoms with E-state index in [4.69, 9.17) is 0 Å². The lowest BCUT2D eigenvalue weighted by Crippen LogP contribution is -2.44. The molecule has 1 aromatic heterocycles. The Balaban J connectivity index is 1.64. The van der Waals surface area contributed by atoms with Gasteiger partial charge in [0.1, 0.15) is 6.04 Å². The molecular formula is C19H27N3O3. The maximum absolute atomic E-state index is 12.6. The number of rotatable bonds is 4. The Morgan fingerprint density at radius 3 is 2.60 bits per heavy atom. The molecule has 0 aliphatic carbocycles. The van der Waals surface area contributed by atoms with Gasteiger partial charge in [-0.2, -0.15) is 0 Å². The molecule has 0 bridgehead atoms. The number of carbonyl (C=O) groups excluding carboxylic acids is 1. The summed E-state index contributed by atoms with van der Waals surface area (Å²) in [6.07, 6.45) is 5.06. The molecule has 2 aliphatic rings.